The molecule has 2 rings (SSSR count). The molecular formula is C19H27N3O4. The monoisotopic (exact) mass is 361 g/mol. The van der Waals surface area contributed by atoms with E-state index in [2.05, 4.69) is 16.0 Å². The highest BCUT2D eigenvalue weighted by Crippen LogP contribution is 2.24. The molecule has 1 aromatic rings. The molecule has 1 saturated carbocycles. The van der Waals surface area contributed by atoms with E-state index in [4.69, 9.17) is 5.11 Å². The Kier molecular flexibility index (Phi) is 6.60. The van der Waals surface area contributed by atoms with Crippen molar-refractivity contribution in [1.29, 1.82) is 0 Å². The van der Waals surface area contributed by atoms with Gasteiger partial charge in [0.2, 0.25) is 0 Å². The molecule has 0 heterocycles. The summed E-state index contributed by atoms with van der Waals surface area (Å²) in [7, 11) is 0. The second-order valence-corrected chi connectivity index (χ2v) is 7.14. The smallest absolute Gasteiger partial charge is 0.319 e. The molecular weight excluding hydrogens is 334 g/mol. The number of benzene rings is 1. The average Bonchev–Trinajstić information content (AvgIpc) is 2.56. The summed E-state index contributed by atoms with van der Waals surface area (Å²) in [6.07, 6.45) is 2.49. The summed E-state index contributed by atoms with van der Waals surface area (Å²) in [5.74, 6) is -1.21. The van der Waals surface area contributed by atoms with E-state index in [1.54, 1.807) is 18.2 Å². The third-order valence-electron chi connectivity index (χ3n) is 4.57. The van der Waals surface area contributed by atoms with Gasteiger partial charge in [0.05, 0.1) is 5.92 Å². The molecule has 0 radical (unpaired) electrons. The quantitative estimate of drug-likeness (QED) is 0.647. The molecule has 0 saturated heterocycles. The van der Waals surface area contributed by atoms with Gasteiger partial charge in [-0.2, -0.15) is 0 Å². The standard InChI is InChI=1S/C19H27N3O4/c1-11(2)20-17(23)14-6-9-16(12(3)10-14)22-19(26)21-15-7-4-13(5-8-15)18(24)25/h6,9-11,13,15H,4-5,7-8H2,1-3H3,(H,20,23)(H,24,25)(H2,21,22,26). The van der Waals surface area contributed by atoms with E-state index < -0.39 is 5.97 Å². The zero-order valence-electron chi connectivity index (χ0n) is 15.5. The van der Waals surface area contributed by atoms with Crippen LogP contribution in [0.1, 0.15) is 55.5 Å². The van der Waals surface area contributed by atoms with Gasteiger partial charge in [-0.15, -0.1) is 0 Å². The lowest BCUT2D eigenvalue weighted by Gasteiger charge is -2.27. The zero-order valence-corrected chi connectivity index (χ0v) is 15.5. The Morgan fingerprint density at radius 1 is 1.12 bits per heavy atom. The number of carboxylic acids is 1. The second kappa shape index (κ2) is 8.69. The lowest BCUT2D eigenvalue weighted by Crippen LogP contribution is -2.41. The molecule has 0 aliphatic heterocycles. The number of hydrogen-bond acceptors (Lipinski definition) is 3. The third kappa shape index (κ3) is 5.47. The fourth-order valence-electron chi connectivity index (χ4n) is 3.12. The average molecular weight is 361 g/mol. The predicted molar refractivity (Wildman–Crippen MR) is 99.3 cm³/mol. The van der Waals surface area contributed by atoms with E-state index in [9.17, 15) is 14.4 Å². The van der Waals surface area contributed by atoms with Crippen molar-refractivity contribution in [2.75, 3.05) is 5.32 Å². The Hall–Kier alpha value is -2.57. The number of hydrogen-bond donors (Lipinski definition) is 4. The molecule has 0 aromatic heterocycles. The van der Waals surface area contributed by atoms with E-state index in [0.29, 0.717) is 36.9 Å². The molecule has 142 valence electrons. The van der Waals surface area contributed by atoms with Gasteiger partial charge < -0.3 is 21.1 Å². The largest absolute Gasteiger partial charge is 0.481 e. The molecule has 0 bridgehead atoms. The Balaban J connectivity index is 1.89. The third-order valence-corrected chi connectivity index (χ3v) is 4.57. The fraction of sp³-hybridized carbons (Fsp3) is 0.526. The number of amides is 3. The molecule has 1 aliphatic carbocycles. The number of urea groups is 1. The number of carbonyl (C=O) groups excluding carboxylic acids is 2. The van der Waals surface area contributed by atoms with Crippen molar-refractivity contribution in [2.45, 2.75) is 58.5 Å². The van der Waals surface area contributed by atoms with Crippen LogP contribution in [0.4, 0.5) is 10.5 Å². The lowest BCUT2D eigenvalue weighted by molar-refractivity contribution is -0.142. The summed E-state index contributed by atoms with van der Waals surface area (Å²) in [4.78, 5) is 35.2. The maximum atomic E-state index is 12.2. The molecule has 4 N–H and O–H groups in total. The summed E-state index contributed by atoms with van der Waals surface area (Å²) >= 11 is 0. The van der Waals surface area contributed by atoms with Crippen LogP contribution in [-0.4, -0.2) is 35.1 Å². The second-order valence-electron chi connectivity index (χ2n) is 7.14. The van der Waals surface area contributed by atoms with Gasteiger partial charge in [-0.1, -0.05) is 0 Å². The van der Waals surface area contributed by atoms with Crippen LogP contribution in [0.15, 0.2) is 18.2 Å². The fourth-order valence-corrected chi connectivity index (χ4v) is 3.12. The van der Waals surface area contributed by atoms with Crippen molar-refractivity contribution in [3.05, 3.63) is 29.3 Å². The number of aryl methyl sites for hydroxylation is 1. The van der Waals surface area contributed by atoms with Crippen LogP contribution in [-0.2, 0) is 4.79 Å². The highest BCUT2D eigenvalue weighted by atomic mass is 16.4. The van der Waals surface area contributed by atoms with Gasteiger partial charge in [0.1, 0.15) is 0 Å². The van der Waals surface area contributed by atoms with Gasteiger partial charge in [0.15, 0.2) is 0 Å². The molecule has 26 heavy (non-hydrogen) atoms. The summed E-state index contributed by atoms with van der Waals surface area (Å²) in [5.41, 5.74) is 1.99. The van der Waals surface area contributed by atoms with Gasteiger partial charge in [-0.3, -0.25) is 9.59 Å². The van der Waals surface area contributed by atoms with Crippen molar-refractivity contribution in [3.8, 4) is 0 Å². The first-order valence-electron chi connectivity index (χ1n) is 8.98. The van der Waals surface area contributed by atoms with Gasteiger partial charge in [0, 0.05) is 23.3 Å². The molecule has 7 nitrogen and oxygen atoms in total. The minimum atomic E-state index is -0.759. The van der Waals surface area contributed by atoms with Crippen molar-refractivity contribution in [3.63, 3.8) is 0 Å². The summed E-state index contributed by atoms with van der Waals surface area (Å²) < 4.78 is 0. The maximum Gasteiger partial charge on any atom is 0.319 e. The highest BCUT2D eigenvalue weighted by molar-refractivity contribution is 5.96. The highest BCUT2D eigenvalue weighted by Gasteiger charge is 2.26. The van der Waals surface area contributed by atoms with Crippen LogP contribution < -0.4 is 16.0 Å². The minimum Gasteiger partial charge on any atom is -0.481 e. The first-order valence-corrected chi connectivity index (χ1v) is 8.98. The minimum absolute atomic E-state index is 0.0120. The molecule has 1 aliphatic rings. The molecule has 0 unspecified atom stereocenters. The number of carboxylic acid groups (broad SMARTS) is 1. The molecule has 0 spiro atoms. The maximum absolute atomic E-state index is 12.2. The Morgan fingerprint density at radius 3 is 2.31 bits per heavy atom. The molecule has 1 aromatic carbocycles. The Morgan fingerprint density at radius 2 is 1.77 bits per heavy atom. The molecule has 0 atom stereocenters. The first-order chi connectivity index (χ1) is 12.3. The predicted octanol–water partition coefficient (Wildman–Crippen LogP) is 2.90. The van der Waals surface area contributed by atoms with E-state index in [-0.39, 0.29) is 29.9 Å². The van der Waals surface area contributed by atoms with Crippen molar-refractivity contribution < 1.29 is 19.5 Å². The summed E-state index contributed by atoms with van der Waals surface area (Å²) in [6, 6.07) is 4.87. The normalized spacial score (nSPS) is 19.7. The van der Waals surface area contributed by atoms with Crippen LogP contribution in [0, 0.1) is 12.8 Å². The molecule has 7 heteroatoms. The van der Waals surface area contributed by atoms with Crippen LogP contribution in [0.5, 0.6) is 0 Å². The van der Waals surface area contributed by atoms with Crippen molar-refractivity contribution in [2.24, 2.45) is 5.92 Å². The van der Waals surface area contributed by atoms with Crippen molar-refractivity contribution in [1.82, 2.24) is 10.6 Å². The number of carbonyl (C=O) groups is 3. The van der Waals surface area contributed by atoms with E-state index in [1.165, 1.54) is 0 Å². The first kappa shape index (κ1) is 19.8. The number of anilines is 1. The summed E-state index contributed by atoms with van der Waals surface area (Å²) in [5, 5.41) is 17.5. The van der Waals surface area contributed by atoms with Gasteiger partial charge >= 0.3 is 12.0 Å². The summed E-state index contributed by atoms with van der Waals surface area (Å²) in [6.45, 7) is 5.63. The Bertz CT molecular complexity index is 679. The van der Waals surface area contributed by atoms with Gasteiger partial charge in [-0.25, -0.2) is 4.79 Å². The zero-order chi connectivity index (χ0) is 19.3. The number of aliphatic carboxylic acids is 1. The number of rotatable bonds is 5. The van der Waals surface area contributed by atoms with Crippen LogP contribution >= 0.6 is 0 Å². The molecule has 3 amide bonds. The SMILES string of the molecule is Cc1cc(C(=O)NC(C)C)ccc1NC(=O)NC1CCC(C(=O)O)CC1. The molecule has 1 fully saturated rings. The van der Waals surface area contributed by atoms with E-state index >= 15 is 0 Å². The van der Waals surface area contributed by atoms with Crippen molar-refractivity contribution >= 4 is 23.6 Å². The topological polar surface area (TPSA) is 108 Å². The number of nitrogens with one attached hydrogen (secondary N) is 3. The van der Waals surface area contributed by atoms with E-state index in [1.807, 2.05) is 20.8 Å². The van der Waals surface area contributed by atoms with Crippen LogP contribution in [0.3, 0.4) is 0 Å². The van der Waals surface area contributed by atoms with Crippen LogP contribution in [0.2, 0.25) is 0 Å². The van der Waals surface area contributed by atoms with Gasteiger partial charge in [0.25, 0.3) is 5.91 Å². The van der Waals surface area contributed by atoms with Gasteiger partial charge in [-0.05, 0) is 70.2 Å². The van der Waals surface area contributed by atoms with E-state index in [0.717, 1.165) is 5.56 Å². The van der Waals surface area contributed by atoms with Crippen LogP contribution in [0.25, 0.3) is 0 Å². The Labute approximate surface area is 153 Å². The lowest BCUT2D eigenvalue weighted by atomic mass is 9.86.